The normalized spacial score (nSPS) is 11.1. The van der Waals surface area contributed by atoms with Gasteiger partial charge < -0.3 is 9.84 Å². The van der Waals surface area contributed by atoms with Crippen molar-refractivity contribution in [3.63, 3.8) is 0 Å². The first-order valence-electron chi connectivity index (χ1n) is 6.49. The molecule has 0 bridgehead atoms. The zero-order chi connectivity index (χ0) is 13.9. The van der Waals surface area contributed by atoms with Crippen LogP contribution < -0.4 is 5.32 Å². The van der Waals surface area contributed by atoms with Crippen LogP contribution in [0.2, 0.25) is 0 Å². The third kappa shape index (κ3) is 2.44. The van der Waals surface area contributed by atoms with Crippen molar-refractivity contribution >= 4 is 11.3 Å². The molecule has 3 aromatic heterocycles. The van der Waals surface area contributed by atoms with Crippen molar-refractivity contribution in [1.82, 2.24) is 30.0 Å². The van der Waals surface area contributed by atoms with E-state index in [4.69, 9.17) is 4.52 Å². The monoisotopic (exact) mass is 273 g/mol. The van der Waals surface area contributed by atoms with E-state index in [0.29, 0.717) is 30.3 Å². The van der Waals surface area contributed by atoms with Gasteiger partial charge in [0, 0.05) is 19.9 Å². The van der Waals surface area contributed by atoms with Crippen molar-refractivity contribution in [2.24, 2.45) is 0 Å². The van der Waals surface area contributed by atoms with Gasteiger partial charge in [-0.2, -0.15) is 14.6 Å². The Labute approximate surface area is 115 Å². The zero-order valence-corrected chi connectivity index (χ0v) is 11.4. The Morgan fingerprint density at radius 3 is 3.05 bits per heavy atom. The van der Waals surface area contributed by atoms with Gasteiger partial charge in [0.1, 0.15) is 6.33 Å². The van der Waals surface area contributed by atoms with Gasteiger partial charge >= 0.3 is 0 Å². The lowest BCUT2D eigenvalue weighted by molar-refractivity contribution is 0.387. The number of hydrogen-bond acceptors (Lipinski definition) is 7. The first kappa shape index (κ1) is 12.5. The molecule has 3 rings (SSSR count). The molecule has 0 amide bonds. The molecule has 0 saturated carbocycles. The van der Waals surface area contributed by atoms with Crippen LogP contribution in [0.25, 0.3) is 5.65 Å². The molecule has 0 radical (unpaired) electrons. The highest BCUT2D eigenvalue weighted by Crippen LogP contribution is 2.15. The third-order valence-electron chi connectivity index (χ3n) is 2.91. The Kier molecular flexibility index (Phi) is 3.28. The van der Waals surface area contributed by atoms with E-state index in [1.165, 1.54) is 0 Å². The van der Waals surface area contributed by atoms with E-state index < -0.39 is 0 Å². The first-order chi connectivity index (χ1) is 9.76. The van der Waals surface area contributed by atoms with E-state index >= 15 is 0 Å². The Balaban J connectivity index is 1.74. The highest BCUT2D eigenvalue weighted by molar-refractivity contribution is 5.66. The van der Waals surface area contributed by atoms with E-state index in [-0.39, 0.29) is 0 Å². The third-order valence-corrected chi connectivity index (χ3v) is 2.91. The van der Waals surface area contributed by atoms with Crippen LogP contribution in [0.15, 0.2) is 16.9 Å². The number of nitrogens with one attached hydrogen (secondary N) is 1. The molecule has 0 fully saturated rings. The maximum atomic E-state index is 4.94. The zero-order valence-electron chi connectivity index (χ0n) is 11.4. The molecule has 8 nitrogen and oxygen atoms in total. The molecule has 3 heterocycles. The van der Waals surface area contributed by atoms with Gasteiger partial charge in [0.2, 0.25) is 11.5 Å². The average Bonchev–Trinajstić information content (AvgIpc) is 3.07. The van der Waals surface area contributed by atoms with Crippen molar-refractivity contribution in [3.05, 3.63) is 29.8 Å². The second-order valence-electron chi connectivity index (χ2n) is 4.41. The van der Waals surface area contributed by atoms with Gasteiger partial charge in [-0.25, -0.2) is 0 Å². The number of aromatic nitrogens is 6. The number of anilines is 1. The Morgan fingerprint density at radius 2 is 2.30 bits per heavy atom. The fourth-order valence-electron chi connectivity index (χ4n) is 1.93. The maximum Gasteiger partial charge on any atom is 0.223 e. The van der Waals surface area contributed by atoms with Crippen molar-refractivity contribution in [1.29, 1.82) is 0 Å². The number of rotatable bonds is 5. The van der Waals surface area contributed by atoms with Crippen LogP contribution in [0, 0.1) is 6.92 Å². The standard InChI is InChI=1S/C12H15N7O/c1-3-9-6-10(12-16-14-7-19(12)17-9)13-5-4-11-15-8(2)20-18-11/h6-7,13H,3-5H2,1-2H3. The van der Waals surface area contributed by atoms with Gasteiger partial charge in [-0.15, -0.1) is 10.2 Å². The van der Waals surface area contributed by atoms with Crippen molar-refractivity contribution in [2.45, 2.75) is 26.7 Å². The van der Waals surface area contributed by atoms with Crippen LogP contribution in [0.4, 0.5) is 5.69 Å². The molecule has 0 saturated heterocycles. The fourth-order valence-corrected chi connectivity index (χ4v) is 1.93. The summed E-state index contributed by atoms with van der Waals surface area (Å²) in [5.74, 6) is 1.27. The summed E-state index contributed by atoms with van der Waals surface area (Å²) in [6.07, 6.45) is 3.14. The average molecular weight is 273 g/mol. The number of aryl methyl sites for hydroxylation is 2. The number of fused-ring (bicyclic) bond motifs is 1. The van der Waals surface area contributed by atoms with E-state index in [2.05, 4.69) is 37.7 Å². The molecular weight excluding hydrogens is 258 g/mol. The van der Waals surface area contributed by atoms with Crippen LogP contribution in [-0.4, -0.2) is 36.5 Å². The summed E-state index contributed by atoms with van der Waals surface area (Å²) in [7, 11) is 0. The Morgan fingerprint density at radius 1 is 1.40 bits per heavy atom. The molecule has 3 aromatic rings. The Bertz CT molecular complexity index is 717. The summed E-state index contributed by atoms with van der Waals surface area (Å²) in [6, 6.07) is 1.99. The molecule has 0 spiro atoms. The van der Waals surface area contributed by atoms with Crippen molar-refractivity contribution < 1.29 is 4.52 Å². The molecule has 0 atom stereocenters. The van der Waals surface area contributed by atoms with Crippen LogP contribution in [0.1, 0.15) is 24.3 Å². The van der Waals surface area contributed by atoms with E-state index in [1.807, 2.05) is 6.07 Å². The largest absolute Gasteiger partial charge is 0.381 e. The second-order valence-corrected chi connectivity index (χ2v) is 4.41. The maximum absolute atomic E-state index is 4.94. The summed E-state index contributed by atoms with van der Waals surface area (Å²) in [6.45, 7) is 4.53. The minimum atomic E-state index is 0.581. The highest BCUT2D eigenvalue weighted by Gasteiger charge is 2.08. The summed E-state index contributed by atoms with van der Waals surface area (Å²) in [5.41, 5.74) is 2.61. The van der Waals surface area contributed by atoms with E-state index in [1.54, 1.807) is 17.8 Å². The quantitative estimate of drug-likeness (QED) is 0.742. The summed E-state index contributed by atoms with van der Waals surface area (Å²) in [5, 5.41) is 19.5. The summed E-state index contributed by atoms with van der Waals surface area (Å²) in [4.78, 5) is 4.16. The minimum Gasteiger partial charge on any atom is -0.381 e. The summed E-state index contributed by atoms with van der Waals surface area (Å²) >= 11 is 0. The second kappa shape index (κ2) is 5.24. The van der Waals surface area contributed by atoms with Crippen LogP contribution in [0.3, 0.4) is 0 Å². The van der Waals surface area contributed by atoms with E-state index in [9.17, 15) is 0 Å². The van der Waals surface area contributed by atoms with Crippen LogP contribution in [-0.2, 0) is 12.8 Å². The summed E-state index contributed by atoms with van der Waals surface area (Å²) < 4.78 is 6.62. The molecule has 0 aliphatic rings. The van der Waals surface area contributed by atoms with Crippen molar-refractivity contribution in [3.8, 4) is 0 Å². The van der Waals surface area contributed by atoms with E-state index in [0.717, 1.165) is 17.8 Å². The number of nitrogens with zero attached hydrogens (tertiary/aromatic N) is 6. The molecular formula is C12H15N7O. The minimum absolute atomic E-state index is 0.581. The SMILES string of the molecule is CCc1cc(NCCc2noc(C)n2)c2nncn2n1. The van der Waals surface area contributed by atoms with Gasteiger partial charge in [-0.3, -0.25) is 0 Å². The molecule has 1 N–H and O–H groups in total. The molecule has 8 heteroatoms. The highest BCUT2D eigenvalue weighted by atomic mass is 16.5. The first-order valence-corrected chi connectivity index (χ1v) is 6.49. The lowest BCUT2D eigenvalue weighted by atomic mass is 10.3. The predicted molar refractivity (Wildman–Crippen MR) is 71.4 cm³/mol. The lowest BCUT2D eigenvalue weighted by Crippen LogP contribution is -2.09. The van der Waals surface area contributed by atoms with Crippen molar-refractivity contribution in [2.75, 3.05) is 11.9 Å². The topological polar surface area (TPSA) is 94.0 Å². The van der Waals surface area contributed by atoms with Crippen LogP contribution in [0.5, 0.6) is 0 Å². The molecule has 104 valence electrons. The van der Waals surface area contributed by atoms with Gasteiger partial charge in [0.25, 0.3) is 0 Å². The smallest absolute Gasteiger partial charge is 0.223 e. The van der Waals surface area contributed by atoms with Gasteiger partial charge in [0.05, 0.1) is 11.4 Å². The molecule has 20 heavy (non-hydrogen) atoms. The molecule has 0 aliphatic carbocycles. The predicted octanol–water partition coefficient (Wildman–Crippen LogP) is 1.03. The lowest BCUT2D eigenvalue weighted by Gasteiger charge is -2.07. The molecule has 0 aliphatic heterocycles. The fraction of sp³-hybridized carbons (Fsp3) is 0.417. The van der Waals surface area contributed by atoms with Gasteiger partial charge in [0.15, 0.2) is 5.82 Å². The van der Waals surface area contributed by atoms with Crippen LogP contribution >= 0.6 is 0 Å². The number of hydrogen-bond donors (Lipinski definition) is 1. The van der Waals surface area contributed by atoms with Gasteiger partial charge in [-0.1, -0.05) is 12.1 Å². The van der Waals surface area contributed by atoms with Gasteiger partial charge in [-0.05, 0) is 12.5 Å². The Hall–Kier alpha value is -2.51. The molecule has 0 unspecified atom stereocenters. The molecule has 0 aromatic carbocycles.